The SMILES string of the molecule is O=C(O)c1cccc(-n2cccc2C=Nc2ccc(Cl)c([N+](=O)[O-])c2)c1. The summed E-state index contributed by atoms with van der Waals surface area (Å²) in [6, 6.07) is 14.4. The molecule has 0 fully saturated rings. The van der Waals surface area contributed by atoms with E-state index in [-0.39, 0.29) is 16.3 Å². The molecule has 0 aliphatic rings. The van der Waals surface area contributed by atoms with Crippen molar-refractivity contribution in [1.82, 2.24) is 4.57 Å². The predicted molar refractivity (Wildman–Crippen MR) is 98.1 cm³/mol. The van der Waals surface area contributed by atoms with Gasteiger partial charge in [-0.05, 0) is 42.5 Å². The smallest absolute Gasteiger partial charge is 0.335 e. The number of halogens is 1. The van der Waals surface area contributed by atoms with E-state index in [4.69, 9.17) is 16.7 Å². The number of aromatic nitrogens is 1. The van der Waals surface area contributed by atoms with Crippen LogP contribution < -0.4 is 0 Å². The second kappa shape index (κ2) is 7.20. The third-order valence-corrected chi connectivity index (χ3v) is 3.94. The van der Waals surface area contributed by atoms with E-state index in [1.807, 2.05) is 0 Å². The molecule has 0 saturated carbocycles. The highest BCUT2D eigenvalue weighted by Crippen LogP contribution is 2.28. The number of hydrogen-bond donors (Lipinski definition) is 1. The molecule has 0 aliphatic heterocycles. The third-order valence-electron chi connectivity index (χ3n) is 3.62. The number of hydrogen-bond acceptors (Lipinski definition) is 4. The fraction of sp³-hybridized carbons (Fsp3) is 0. The summed E-state index contributed by atoms with van der Waals surface area (Å²) in [5.41, 5.74) is 1.69. The molecule has 26 heavy (non-hydrogen) atoms. The second-order valence-electron chi connectivity index (χ2n) is 5.31. The summed E-state index contributed by atoms with van der Waals surface area (Å²) in [4.78, 5) is 25.8. The van der Waals surface area contributed by atoms with E-state index in [0.717, 1.165) is 0 Å². The Hall–Kier alpha value is -3.45. The van der Waals surface area contributed by atoms with Gasteiger partial charge < -0.3 is 9.67 Å². The van der Waals surface area contributed by atoms with Gasteiger partial charge in [-0.3, -0.25) is 15.1 Å². The van der Waals surface area contributed by atoms with Crippen molar-refractivity contribution in [3.63, 3.8) is 0 Å². The van der Waals surface area contributed by atoms with Gasteiger partial charge in [0.2, 0.25) is 0 Å². The Morgan fingerprint density at radius 2 is 2.00 bits per heavy atom. The largest absolute Gasteiger partial charge is 0.478 e. The average Bonchev–Trinajstić information content (AvgIpc) is 3.09. The minimum absolute atomic E-state index is 0.0443. The summed E-state index contributed by atoms with van der Waals surface area (Å²) in [6.45, 7) is 0. The average molecular weight is 370 g/mol. The van der Waals surface area contributed by atoms with Gasteiger partial charge in [0, 0.05) is 18.0 Å². The standard InChI is InChI=1S/C18H12ClN3O4/c19-16-7-6-13(10-17(16)22(25)26)20-11-15-5-2-8-21(15)14-4-1-3-12(9-14)18(23)24/h1-11H,(H,23,24). The van der Waals surface area contributed by atoms with Gasteiger partial charge in [-0.1, -0.05) is 17.7 Å². The number of carboxylic acid groups (broad SMARTS) is 1. The Kier molecular flexibility index (Phi) is 4.81. The van der Waals surface area contributed by atoms with E-state index >= 15 is 0 Å². The van der Waals surface area contributed by atoms with Gasteiger partial charge in [0.1, 0.15) is 5.02 Å². The highest BCUT2D eigenvalue weighted by Gasteiger charge is 2.12. The van der Waals surface area contributed by atoms with Crippen molar-refractivity contribution in [2.75, 3.05) is 0 Å². The Balaban J connectivity index is 1.94. The lowest BCUT2D eigenvalue weighted by molar-refractivity contribution is -0.384. The molecule has 0 atom stereocenters. The molecule has 130 valence electrons. The lowest BCUT2D eigenvalue weighted by Crippen LogP contribution is -2.01. The molecule has 0 bridgehead atoms. The van der Waals surface area contributed by atoms with Crippen LogP contribution in [0.15, 0.2) is 65.8 Å². The first-order chi connectivity index (χ1) is 12.5. The number of nitro benzene ring substituents is 1. The summed E-state index contributed by atoms with van der Waals surface area (Å²) in [5, 5.41) is 20.1. The topological polar surface area (TPSA) is 97.7 Å². The molecule has 3 rings (SSSR count). The van der Waals surface area contributed by atoms with E-state index < -0.39 is 10.9 Å². The molecule has 2 aromatic carbocycles. The van der Waals surface area contributed by atoms with Gasteiger partial charge >= 0.3 is 5.97 Å². The van der Waals surface area contributed by atoms with Crippen LogP contribution in [0.2, 0.25) is 5.02 Å². The molecular formula is C18H12ClN3O4. The summed E-state index contributed by atoms with van der Waals surface area (Å²) < 4.78 is 1.76. The Labute approximate surface area is 153 Å². The Morgan fingerprint density at radius 3 is 2.73 bits per heavy atom. The van der Waals surface area contributed by atoms with Crippen molar-refractivity contribution in [3.05, 3.63) is 87.2 Å². The Bertz CT molecular complexity index is 1030. The molecule has 0 aliphatic carbocycles. The maximum absolute atomic E-state index is 11.1. The molecule has 0 unspecified atom stereocenters. The summed E-state index contributed by atoms with van der Waals surface area (Å²) >= 11 is 5.79. The molecule has 1 aromatic heterocycles. The van der Waals surface area contributed by atoms with E-state index in [0.29, 0.717) is 17.1 Å². The van der Waals surface area contributed by atoms with E-state index in [2.05, 4.69) is 4.99 Å². The number of aromatic carboxylic acids is 1. The van der Waals surface area contributed by atoms with Crippen LogP contribution in [0.5, 0.6) is 0 Å². The zero-order valence-electron chi connectivity index (χ0n) is 13.2. The van der Waals surface area contributed by atoms with Crippen molar-refractivity contribution in [3.8, 4) is 5.69 Å². The van der Waals surface area contributed by atoms with Crippen molar-refractivity contribution in [2.24, 2.45) is 4.99 Å². The van der Waals surface area contributed by atoms with Crippen molar-refractivity contribution in [1.29, 1.82) is 0 Å². The first-order valence-electron chi connectivity index (χ1n) is 7.45. The van der Waals surface area contributed by atoms with Crippen LogP contribution in [0.3, 0.4) is 0 Å². The number of nitro groups is 1. The van der Waals surface area contributed by atoms with Gasteiger partial charge in [0.15, 0.2) is 0 Å². The maximum Gasteiger partial charge on any atom is 0.335 e. The lowest BCUT2D eigenvalue weighted by atomic mass is 10.2. The fourth-order valence-electron chi connectivity index (χ4n) is 2.39. The van der Waals surface area contributed by atoms with Crippen molar-refractivity contribution < 1.29 is 14.8 Å². The molecule has 0 spiro atoms. The van der Waals surface area contributed by atoms with E-state index in [1.165, 1.54) is 18.2 Å². The summed E-state index contributed by atoms with van der Waals surface area (Å²) in [6.07, 6.45) is 3.31. The van der Waals surface area contributed by atoms with Crippen LogP contribution in [-0.4, -0.2) is 26.8 Å². The molecule has 0 saturated heterocycles. The Morgan fingerprint density at radius 1 is 1.19 bits per heavy atom. The molecular weight excluding hydrogens is 358 g/mol. The molecule has 7 nitrogen and oxygen atoms in total. The quantitative estimate of drug-likeness (QED) is 0.407. The fourth-order valence-corrected chi connectivity index (χ4v) is 2.57. The second-order valence-corrected chi connectivity index (χ2v) is 5.72. The summed E-state index contributed by atoms with van der Waals surface area (Å²) in [7, 11) is 0. The van der Waals surface area contributed by atoms with Gasteiger partial charge in [0.25, 0.3) is 5.69 Å². The van der Waals surface area contributed by atoms with Crippen molar-refractivity contribution >= 4 is 35.2 Å². The lowest BCUT2D eigenvalue weighted by Gasteiger charge is -2.07. The zero-order chi connectivity index (χ0) is 18.7. The van der Waals surface area contributed by atoms with E-state index in [9.17, 15) is 14.9 Å². The van der Waals surface area contributed by atoms with Crippen molar-refractivity contribution in [2.45, 2.75) is 0 Å². The molecule has 0 radical (unpaired) electrons. The molecule has 1 N–H and O–H groups in total. The number of benzene rings is 2. The highest BCUT2D eigenvalue weighted by molar-refractivity contribution is 6.32. The first-order valence-corrected chi connectivity index (χ1v) is 7.82. The molecule has 1 heterocycles. The zero-order valence-corrected chi connectivity index (χ0v) is 14.0. The van der Waals surface area contributed by atoms with Crippen LogP contribution in [0.25, 0.3) is 5.69 Å². The van der Waals surface area contributed by atoms with Gasteiger partial charge in [0.05, 0.1) is 28.1 Å². The third kappa shape index (κ3) is 3.62. The molecule has 8 heteroatoms. The maximum atomic E-state index is 11.1. The summed E-state index contributed by atoms with van der Waals surface area (Å²) in [5.74, 6) is -1.01. The minimum Gasteiger partial charge on any atom is -0.478 e. The van der Waals surface area contributed by atoms with Crippen LogP contribution in [0, 0.1) is 10.1 Å². The minimum atomic E-state index is -1.01. The monoisotopic (exact) mass is 369 g/mol. The number of aliphatic imine (C=N–C) groups is 1. The van der Waals surface area contributed by atoms with Crippen LogP contribution in [-0.2, 0) is 0 Å². The van der Waals surface area contributed by atoms with Crippen LogP contribution in [0.1, 0.15) is 16.1 Å². The number of carboxylic acids is 1. The highest BCUT2D eigenvalue weighted by atomic mass is 35.5. The number of carbonyl (C=O) groups is 1. The molecule has 0 amide bonds. The molecule has 3 aromatic rings. The van der Waals surface area contributed by atoms with Gasteiger partial charge in [-0.25, -0.2) is 4.79 Å². The predicted octanol–water partition coefficient (Wildman–Crippen LogP) is 4.49. The van der Waals surface area contributed by atoms with Gasteiger partial charge in [-0.2, -0.15) is 0 Å². The van der Waals surface area contributed by atoms with Crippen LogP contribution >= 0.6 is 11.6 Å². The van der Waals surface area contributed by atoms with E-state index in [1.54, 1.807) is 53.4 Å². The number of nitrogens with zero attached hydrogens (tertiary/aromatic N) is 3. The normalized spacial score (nSPS) is 11.0. The van der Waals surface area contributed by atoms with Crippen LogP contribution in [0.4, 0.5) is 11.4 Å². The first kappa shape index (κ1) is 17.4. The van der Waals surface area contributed by atoms with Gasteiger partial charge in [-0.15, -0.1) is 0 Å². The number of rotatable bonds is 5.